The highest BCUT2D eigenvalue weighted by Gasteiger charge is 2.52. The molecule has 8 heteroatoms. The van der Waals surface area contributed by atoms with Gasteiger partial charge in [-0.1, -0.05) is 23.7 Å². The van der Waals surface area contributed by atoms with Crippen molar-refractivity contribution in [2.45, 2.75) is 12.6 Å². The number of carbonyl (C=O) groups is 1. The van der Waals surface area contributed by atoms with Gasteiger partial charge in [-0.3, -0.25) is 4.79 Å². The van der Waals surface area contributed by atoms with Gasteiger partial charge in [-0.25, -0.2) is 8.42 Å². The van der Waals surface area contributed by atoms with E-state index in [1.165, 1.54) is 31.2 Å². The van der Waals surface area contributed by atoms with Gasteiger partial charge in [0.2, 0.25) is 15.8 Å². The molecule has 1 aromatic rings. The molecule has 20 heavy (non-hydrogen) atoms. The lowest BCUT2D eigenvalue weighted by atomic mass is 9.99. The number of Topliss-reactive ketones (excluding diaryl/α,β-unsaturated/α-hetero) is 1. The van der Waals surface area contributed by atoms with Crippen molar-refractivity contribution in [2.24, 2.45) is 0 Å². The third-order valence-corrected chi connectivity index (χ3v) is 3.66. The molecule has 6 nitrogen and oxygen atoms in total. The van der Waals surface area contributed by atoms with Gasteiger partial charge in [-0.15, -0.1) is 0 Å². The molecule has 0 spiro atoms. The zero-order valence-electron chi connectivity index (χ0n) is 10.7. The minimum absolute atomic E-state index is 0.0545. The first kappa shape index (κ1) is 14.8. The number of aliphatic hydroxyl groups is 1. The quantitative estimate of drug-likeness (QED) is 0.879. The second-order valence-corrected chi connectivity index (χ2v) is 6.58. The van der Waals surface area contributed by atoms with Crippen molar-refractivity contribution < 1.29 is 23.1 Å². The number of hydrogen-bond donors (Lipinski definition) is 2. The zero-order chi connectivity index (χ0) is 15.1. The number of carbonyl (C=O) groups excluding carboxylic acids is 1. The summed E-state index contributed by atoms with van der Waals surface area (Å²) in [6.07, 6.45) is 0.895. The van der Waals surface area contributed by atoms with E-state index < -0.39 is 27.3 Å². The third kappa shape index (κ3) is 2.52. The maximum absolute atomic E-state index is 12.2. The van der Waals surface area contributed by atoms with Gasteiger partial charge in [0.05, 0.1) is 6.26 Å². The van der Waals surface area contributed by atoms with Crippen LogP contribution in [0.1, 0.15) is 12.5 Å². The van der Waals surface area contributed by atoms with Crippen LogP contribution in [0.3, 0.4) is 0 Å². The number of aliphatic hydroxyl groups excluding tert-OH is 1. The van der Waals surface area contributed by atoms with Crippen LogP contribution >= 0.6 is 11.6 Å². The standard InChI is InChI=1S/C12H12ClNO5S/c1-7-10(15)11(16)12(19-7,14-20(2,17)18)8-3-5-9(13)6-4-8/h3-6,14-15H,1-2H3. The largest absolute Gasteiger partial charge is 0.502 e. The zero-order valence-corrected chi connectivity index (χ0v) is 12.2. The number of ether oxygens (including phenoxy) is 1. The SMILES string of the molecule is CC1=C(O)C(=O)C(NS(C)(=O)=O)(c2ccc(Cl)cc2)O1. The molecule has 0 radical (unpaired) electrons. The molecule has 0 saturated carbocycles. The summed E-state index contributed by atoms with van der Waals surface area (Å²) < 4.78 is 30.5. The molecule has 1 atom stereocenters. The molecule has 1 heterocycles. The van der Waals surface area contributed by atoms with E-state index in [0.717, 1.165) is 6.26 Å². The van der Waals surface area contributed by atoms with Gasteiger partial charge in [0.15, 0.2) is 0 Å². The Balaban J connectivity index is 2.58. The van der Waals surface area contributed by atoms with Gasteiger partial charge >= 0.3 is 0 Å². The number of halogens is 1. The number of rotatable bonds is 3. The van der Waals surface area contributed by atoms with E-state index in [1.807, 2.05) is 0 Å². The molecule has 1 aromatic carbocycles. The number of ketones is 1. The molecular formula is C12H12ClNO5S. The summed E-state index contributed by atoms with van der Waals surface area (Å²) in [5.41, 5.74) is -1.77. The molecule has 1 aliphatic heterocycles. The van der Waals surface area contributed by atoms with Crippen LogP contribution in [0.25, 0.3) is 0 Å². The first-order chi connectivity index (χ1) is 9.16. The highest BCUT2D eigenvalue weighted by atomic mass is 35.5. The van der Waals surface area contributed by atoms with Crippen LogP contribution in [-0.2, 0) is 25.3 Å². The topological polar surface area (TPSA) is 92.7 Å². The Hall–Kier alpha value is -1.57. The summed E-state index contributed by atoms with van der Waals surface area (Å²) in [5.74, 6) is -1.54. The monoisotopic (exact) mass is 317 g/mol. The fourth-order valence-electron chi connectivity index (χ4n) is 1.91. The van der Waals surface area contributed by atoms with Crippen molar-refractivity contribution in [1.29, 1.82) is 0 Å². The summed E-state index contributed by atoms with van der Waals surface area (Å²) in [6, 6.07) is 5.88. The van der Waals surface area contributed by atoms with Crippen molar-refractivity contribution >= 4 is 27.4 Å². The van der Waals surface area contributed by atoms with Crippen molar-refractivity contribution in [2.75, 3.05) is 6.26 Å². The Bertz CT molecular complexity index is 695. The highest BCUT2D eigenvalue weighted by molar-refractivity contribution is 7.88. The van der Waals surface area contributed by atoms with E-state index in [4.69, 9.17) is 16.3 Å². The molecule has 2 N–H and O–H groups in total. The minimum atomic E-state index is -3.77. The lowest BCUT2D eigenvalue weighted by molar-refractivity contribution is -0.134. The molecule has 0 aliphatic carbocycles. The molecule has 0 fully saturated rings. The molecule has 0 amide bonds. The summed E-state index contributed by atoms with van der Waals surface area (Å²) >= 11 is 5.77. The van der Waals surface area contributed by atoms with Crippen LogP contribution < -0.4 is 4.72 Å². The average Bonchev–Trinajstić information content (AvgIpc) is 2.54. The maximum atomic E-state index is 12.2. The van der Waals surface area contributed by atoms with Crippen LogP contribution in [-0.4, -0.2) is 25.6 Å². The summed E-state index contributed by atoms with van der Waals surface area (Å²) in [7, 11) is -3.77. The van der Waals surface area contributed by atoms with Crippen LogP contribution in [0.2, 0.25) is 5.02 Å². The molecule has 0 aromatic heterocycles. The van der Waals surface area contributed by atoms with E-state index in [0.29, 0.717) is 5.02 Å². The molecule has 0 saturated heterocycles. The molecule has 1 unspecified atom stereocenters. The van der Waals surface area contributed by atoms with Gasteiger partial charge in [-0.05, 0) is 19.1 Å². The second kappa shape index (κ2) is 4.76. The Morgan fingerprint density at radius 2 is 1.85 bits per heavy atom. The molecule has 108 valence electrons. The van der Waals surface area contributed by atoms with Crippen LogP contribution in [0.5, 0.6) is 0 Å². The number of hydrogen-bond acceptors (Lipinski definition) is 5. The Labute approximate surface area is 121 Å². The summed E-state index contributed by atoms with van der Waals surface area (Å²) in [6.45, 7) is 1.37. The summed E-state index contributed by atoms with van der Waals surface area (Å²) in [5, 5.41) is 10.1. The van der Waals surface area contributed by atoms with Gasteiger partial charge < -0.3 is 9.84 Å². The molecule has 1 aliphatic rings. The minimum Gasteiger partial charge on any atom is -0.502 e. The first-order valence-electron chi connectivity index (χ1n) is 5.54. The number of sulfonamides is 1. The first-order valence-corrected chi connectivity index (χ1v) is 7.81. The lowest BCUT2D eigenvalue weighted by Crippen LogP contribution is -2.50. The number of benzene rings is 1. The van der Waals surface area contributed by atoms with Crippen LogP contribution in [0.4, 0.5) is 0 Å². The van der Waals surface area contributed by atoms with Crippen molar-refractivity contribution in [3.05, 3.63) is 46.4 Å². The van der Waals surface area contributed by atoms with Crippen LogP contribution in [0, 0.1) is 0 Å². The van der Waals surface area contributed by atoms with E-state index in [1.54, 1.807) is 0 Å². The van der Waals surface area contributed by atoms with Crippen LogP contribution in [0.15, 0.2) is 35.8 Å². The van der Waals surface area contributed by atoms with E-state index >= 15 is 0 Å². The van der Waals surface area contributed by atoms with Gasteiger partial charge in [0.25, 0.3) is 11.5 Å². The smallest absolute Gasteiger partial charge is 0.266 e. The Kier molecular flexibility index (Phi) is 3.53. The second-order valence-electron chi connectivity index (χ2n) is 4.40. The van der Waals surface area contributed by atoms with Crippen molar-refractivity contribution in [3.63, 3.8) is 0 Å². The Morgan fingerprint density at radius 1 is 1.30 bits per heavy atom. The number of allylic oxidation sites excluding steroid dienone is 1. The van der Waals surface area contributed by atoms with Gasteiger partial charge in [0.1, 0.15) is 5.76 Å². The van der Waals surface area contributed by atoms with E-state index in [2.05, 4.69) is 4.72 Å². The Morgan fingerprint density at radius 3 is 2.25 bits per heavy atom. The lowest BCUT2D eigenvalue weighted by Gasteiger charge is -2.28. The van der Waals surface area contributed by atoms with E-state index in [-0.39, 0.29) is 11.3 Å². The predicted molar refractivity (Wildman–Crippen MR) is 72.5 cm³/mol. The van der Waals surface area contributed by atoms with Crippen molar-refractivity contribution in [1.82, 2.24) is 4.72 Å². The molecule has 0 bridgehead atoms. The fourth-order valence-corrected chi connectivity index (χ4v) is 2.81. The summed E-state index contributed by atoms with van der Waals surface area (Å²) in [4.78, 5) is 12.2. The highest BCUT2D eigenvalue weighted by Crippen LogP contribution is 2.36. The number of nitrogens with one attached hydrogen (secondary N) is 1. The van der Waals surface area contributed by atoms with Gasteiger partial charge in [-0.2, -0.15) is 4.72 Å². The maximum Gasteiger partial charge on any atom is 0.266 e. The average molecular weight is 318 g/mol. The molecular weight excluding hydrogens is 306 g/mol. The normalized spacial score (nSPS) is 23.1. The fraction of sp³-hybridized carbons (Fsp3) is 0.250. The molecule has 2 rings (SSSR count). The predicted octanol–water partition coefficient (Wildman–Crippen LogP) is 1.43. The van der Waals surface area contributed by atoms with Crippen molar-refractivity contribution in [3.8, 4) is 0 Å². The third-order valence-electron chi connectivity index (χ3n) is 2.75. The van der Waals surface area contributed by atoms with E-state index in [9.17, 15) is 18.3 Å². The van der Waals surface area contributed by atoms with Gasteiger partial charge in [0, 0.05) is 10.6 Å².